The lowest BCUT2D eigenvalue weighted by Gasteiger charge is -2.04. The first-order chi connectivity index (χ1) is 12.8. The number of hydrogen-bond donors (Lipinski definition) is 1. The quantitative estimate of drug-likeness (QED) is 0.522. The van der Waals surface area contributed by atoms with Crippen LogP contribution in [0.5, 0.6) is 0 Å². The molecule has 0 saturated carbocycles. The average Bonchev–Trinajstić information content (AvgIpc) is 2.70. The molecule has 0 fully saturated rings. The van der Waals surface area contributed by atoms with Crippen LogP contribution in [0, 0.1) is 0 Å². The van der Waals surface area contributed by atoms with Crippen molar-refractivity contribution in [1.29, 1.82) is 0 Å². The minimum atomic E-state index is -0.141. The molecule has 0 aromatic heterocycles. The zero-order valence-electron chi connectivity index (χ0n) is 14.4. The SMILES string of the molecule is O=C(Cc1ccccc1)N/N=C(/C=C/c1ccccc1)c1ccccc1. The zero-order valence-corrected chi connectivity index (χ0v) is 14.4. The fraction of sp³-hybridized carbons (Fsp3) is 0.0435. The fourth-order valence-corrected chi connectivity index (χ4v) is 2.49. The van der Waals surface area contributed by atoms with Crippen molar-refractivity contribution in [2.24, 2.45) is 5.10 Å². The standard InChI is InChI=1S/C23H20N2O/c26-23(18-20-12-6-2-7-13-20)25-24-22(21-14-8-3-9-15-21)17-16-19-10-4-1-5-11-19/h1-17H,18H2,(H,25,26)/b17-16+,24-22-. The Hall–Kier alpha value is -3.46. The van der Waals surface area contributed by atoms with Crippen molar-refractivity contribution < 1.29 is 4.79 Å². The van der Waals surface area contributed by atoms with Crippen molar-refractivity contribution in [3.8, 4) is 0 Å². The van der Waals surface area contributed by atoms with Crippen LogP contribution in [0.2, 0.25) is 0 Å². The number of allylic oxidation sites excluding steroid dienone is 1. The van der Waals surface area contributed by atoms with E-state index >= 15 is 0 Å². The van der Waals surface area contributed by atoms with Crippen molar-refractivity contribution in [3.63, 3.8) is 0 Å². The number of hydrazone groups is 1. The lowest BCUT2D eigenvalue weighted by Crippen LogP contribution is -2.21. The van der Waals surface area contributed by atoms with Gasteiger partial charge in [0.1, 0.15) is 0 Å². The molecule has 3 aromatic carbocycles. The van der Waals surface area contributed by atoms with Gasteiger partial charge in [0.15, 0.2) is 0 Å². The van der Waals surface area contributed by atoms with Gasteiger partial charge in [-0.25, -0.2) is 5.43 Å². The van der Waals surface area contributed by atoms with Gasteiger partial charge in [-0.1, -0.05) is 97.1 Å². The molecule has 0 aliphatic carbocycles. The van der Waals surface area contributed by atoms with Gasteiger partial charge in [-0.15, -0.1) is 0 Å². The van der Waals surface area contributed by atoms with E-state index in [1.165, 1.54) is 0 Å². The summed E-state index contributed by atoms with van der Waals surface area (Å²) in [5, 5.41) is 4.34. The number of hydrogen-bond acceptors (Lipinski definition) is 2. The van der Waals surface area contributed by atoms with E-state index in [0.717, 1.165) is 16.7 Å². The summed E-state index contributed by atoms with van der Waals surface area (Å²) >= 11 is 0. The Balaban J connectivity index is 1.75. The molecule has 0 aliphatic heterocycles. The highest BCUT2D eigenvalue weighted by molar-refractivity contribution is 6.11. The van der Waals surface area contributed by atoms with Crippen LogP contribution in [-0.4, -0.2) is 11.6 Å². The summed E-state index contributed by atoms with van der Waals surface area (Å²) in [6.45, 7) is 0. The first-order valence-corrected chi connectivity index (χ1v) is 8.50. The van der Waals surface area contributed by atoms with Gasteiger partial charge in [-0.05, 0) is 17.2 Å². The lowest BCUT2D eigenvalue weighted by molar-refractivity contribution is -0.120. The molecule has 26 heavy (non-hydrogen) atoms. The highest BCUT2D eigenvalue weighted by Gasteiger charge is 2.04. The van der Waals surface area contributed by atoms with Crippen LogP contribution < -0.4 is 5.43 Å². The predicted molar refractivity (Wildman–Crippen MR) is 107 cm³/mol. The number of nitrogens with one attached hydrogen (secondary N) is 1. The minimum absolute atomic E-state index is 0.141. The third-order valence-electron chi connectivity index (χ3n) is 3.81. The molecule has 0 bridgehead atoms. The normalized spacial score (nSPS) is 11.5. The second-order valence-electron chi connectivity index (χ2n) is 5.80. The molecule has 0 saturated heterocycles. The Morgan fingerprint density at radius 3 is 2.04 bits per heavy atom. The number of rotatable bonds is 6. The molecule has 0 aliphatic rings. The van der Waals surface area contributed by atoms with E-state index in [2.05, 4.69) is 10.5 Å². The van der Waals surface area contributed by atoms with Gasteiger partial charge < -0.3 is 0 Å². The second-order valence-corrected chi connectivity index (χ2v) is 5.80. The van der Waals surface area contributed by atoms with E-state index in [1.807, 2.05) is 103 Å². The molecule has 128 valence electrons. The number of carbonyl (C=O) groups is 1. The Labute approximate surface area is 153 Å². The maximum Gasteiger partial charge on any atom is 0.244 e. The van der Waals surface area contributed by atoms with Crippen LogP contribution in [0.15, 0.2) is 102 Å². The summed E-state index contributed by atoms with van der Waals surface area (Å²) in [5.41, 5.74) is 6.35. The molecule has 1 amide bonds. The van der Waals surface area contributed by atoms with E-state index in [1.54, 1.807) is 0 Å². The number of carbonyl (C=O) groups excluding carboxylic acids is 1. The molecule has 0 radical (unpaired) electrons. The smallest absolute Gasteiger partial charge is 0.244 e. The van der Waals surface area contributed by atoms with Crippen molar-refractivity contribution in [2.75, 3.05) is 0 Å². The van der Waals surface area contributed by atoms with Gasteiger partial charge in [-0.2, -0.15) is 5.10 Å². The molecule has 3 rings (SSSR count). The summed E-state index contributed by atoms with van der Waals surface area (Å²) in [5.74, 6) is -0.141. The topological polar surface area (TPSA) is 41.5 Å². The minimum Gasteiger partial charge on any atom is -0.273 e. The number of nitrogens with zero attached hydrogens (tertiary/aromatic N) is 1. The largest absolute Gasteiger partial charge is 0.273 e. The Kier molecular flexibility index (Phi) is 6.10. The highest BCUT2D eigenvalue weighted by atomic mass is 16.2. The number of amides is 1. The van der Waals surface area contributed by atoms with Gasteiger partial charge in [0.2, 0.25) is 5.91 Å². The Morgan fingerprint density at radius 2 is 1.38 bits per heavy atom. The monoisotopic (exact) mass is 340 g/mol. The summed E-state index contributed by atoms with van der Waals surface area (Å²) in [6, 6.07) is 29.4. The van der Waals surface area contributed by atoms with Crippen LogP contribution in [0.25, 0.3) is 6.08 Å². The van der Waals surface area contributed by atoms with Crippen LogP contribution in [0.3, 0.4) is 0 Å². The van der Waals surface area contributed by atoms with E-state index in [4.69, 9.17) is 0 Å². The molecule has 0 spiro atoms. The maximum atomic E-state index is 12.2. The van der Waals surface area contributed by atoms with Crippen LogP contribution >= 0.6 is 0 Å². The van der Waals surface area contributed by atoms with Gasteiger partial charge in [0, 0.05) is 5.56 Å². The molecule has 3 aromatic rings. The average molecular weight is 340 g/mol. The third-order valence-corrected chi connectivity index (χ3v) is 3.81. The summed E-state index contributed by atoms with van der Waals surface area (Å²) in [6.07, 6.45) is 4.19. The first kappa shape index (κ1) is 17.4. The molecule has 3 heteroatoms. The van der Waals surface area contributed by atoms with Gasteiger partial charge in [0.25, 0.3) is 0 Å². The molecule has 3 nitrogen and oxygen atoms in total. The summed E-state index contributed by atoms with van der Waals surface area (Å²) < 4.78 is 0. The highest BCUT2D eigenvalue weighted by Crippen LogP contribution is 2.07. The van der Waals surface area contributed by atoms with E-state index in [9.17, 15) is 4.79 Å². The summed E-state index contributed by atoms with van der Waals surface area (Å²) in [7, 11) is 0. The van der Waals surface area contributed by atoms with Crippen LogP contribution in [0.4, 0.5) is 0 Å². The number of benzene rings is 3. The first-order valence-electron chi connectivity index (χ1n) is 8.50. The maximum absolute atomic E-state index is 12.2. The molecule has 0 unspecified atom stereocenters. The van der Waals surface area contributed by atoms with E-state index < -0.39 is 0 Å². The fourth-order valence-electron chi connectivity index (χ4n) is 2.49. The van der Waals surface area contributed by atoms with Gasteiger partial charge in [0.05, 0.1) is 12.1 Å². The van der Waals surface area contributed by atoms with E-state index in [0.29, 0.717) is 12.1 Å². The third kappa shape index (κ3) is 5.28. The van der Waals surface area contributed by atoms with Crippen molar-refractivity contribution in [1.82, 2.24) is 5.43 Å². The van der Waals surface area contributed by atoms with E-state index in [-0.39, 0.29) is 5.91 Å². The molecule has 0 atom stereocenters. The predicted octanol–water partition coefficient (Wildman–Crippen LogP) is 4.46. The van der Waals surface area contributed by atoms with Crippen molar-refractivity contribution in [2.45, 2.75) is 6.42 Å². The van der Waals surface area contributed by atoms with Crippen molar-refractivity contribution in [3.05, 3.63) is 114 Å². The molecule has 1 N–H and O–H groups in total. The zero-order chi connectivity index (χ0) is 18.0. The molecule has 0 heterocycles. The van der Waals surface area contributed by atoms with Crippen LogP contribution in [-0.2, 0) is 11.2 Å². The second kappa shape index (κ2) is 9.14. The summed E-state index contributed by atoms with van der Waals surface area (Å²) in [4.78, 5) is 12.2. The Bertz CT molecular complexity index is 885. The lowest BCUT2D eigenvalue weighted by atomic mass is 10.1. The molecular formula is C23H20N2O. The van der Waals surface area contributed by atoms with Gasteiger partial charge in [-0.3, -0.25) is 4.79 Å². The molecular weight excluding hydrogens is 320 g/mol. The van der Waals surface area contributed by atoms with Crippen molar-refractivity contribution >= 4 is 17.7 Å². The Morgan fingerprint density at radius 1 is 0.808 bits per heavy atom. The van der Waals surface area contributed by atoms with Crippen LogP contribution in [0.1, 0.15) is 16.7 Å². The van der Waals surface area contributed by atoms with Gasteiger partial charge >= 0.3 is 0 Å².